The van der Waals surface area contributed by atoms with Crippen LogP contribution in [0.5, 0.6) is 0 Å². The second-order valence-corrected chi connectivity index (χ2v) is 6.80. The Kier molecular flexibility index (Phi) is 5.52. The molecule has 0 amide bonds. The van der Waals surface area contributed by atoms with E-state index in [1.165, 1.54) is 5.56 Å². The first-order valence-corrected chi connectivity index (χ1v) is 9.05. The molecule has 1 heterocycles. The summed E-state index contributed by atoms with van der Waals surface area (Å²) in [6.07, 6.45) is 0.787. The molecule has 1 aromatic heterocycles. The Labute approximate surface area is 152 Å². The lowest BCUT2D eigenvalue weighted by molar-refractivity contribution is 0.584. The summed E-state index contributed by atoms with van der Waals surface area (Å²) in [5, 5.41) is 4.05. The van der Waals surface area contributed by atoms with Gasteiger partial charge in [-0.15, -0.1) is 4.37 Å². The van der Waals surface area contributed by atoms with Gasteiger partial charge in [0.25, 0.3) is 0 Å². The number of hydrogen-bond acceptors (Lipinski definition) is 4. The molecular formula is C16H14Cl2N4OS. The molecule has 24 heavy (non-hydrogen) atoms. The third-order valence-electron chi connectivity index (χ3n) is 3.22. The van der Waals surface area contributed by atoms with Gasteiger partial charge in [-0.25, -0.2) is 0 Å². The average Bonchev–Trinajstić information content (AvgIpc) is 2.87. The van der Waals surface area contributed by atoms with E-state index in [0.29, 0.717) is 33.6 Å². The SMILES string of the molecule is [O-][s+]1nc(Nc2cc(Cl)cc(Cl)c2)c(=NCCc2ccccc2)[nH]1. The first-order valence-electron chi connectivity index (χ1n) is 7.19. The Hall–Kier alpha value is -1.86. The molecule has 0 aliphatic carbocycles. The van der Waals surface area contributed by atoms with Gasteiger partial charge < -0.3 is 9.87 Å². The second-order valence-electron chi connectivity index (χ2n) is 5.04. The molecule has 0 fully saturated rings. The maximum absolute atomic E-state index is 11.7. The lowest BCUT2D eigenvalue weighted by Crippen LogP contribution is -2.10. The highest BCUT2D eigenvalue weighted by Crippen LogP contribution is 2.24. The summed E-state index contributed by atoms with van der Waals surface area (Å²) in [5.41, 5.74) is 2.30. The standard InChI is InChI=1S/C16H14Cl2N4OS/c17-12-8-13(18)10-14(9-12)20-16-15(21-24(23)22-16)19-7-6-11-4-2-1-3-5-11/h1-5,8-10H,6-7H2,(H,19,21)(H,20,22). The first-order chi connectivity index (χ1) is 11.6. The zero-order chi connectivity index (χ0) is 16.9. The number of aromatic amines is 1. The van der Waals surface area contributed by atoms with E-state index in [2.05, 4.69) is 19.1 Å². The van der Waals surface area contributed by atoms with Crippen LogP contribution in [0.4, 0.5) is 11.5 Å². The molecule has 1 unspecified atom stereocenters. The molecule has 8 heteroatoms. The van der Waals surface area contributed by atoms with Crippen molar-refractivity contribution in [2.75, 3.05) is 11.9 Å². The monoisotopic (exact) mass is 380 g/mol. The minimum atomic E-state index is -1.54. The fraction of sp³-hybridized carbons (Fsp3) is 0.125. The number of nitrogens with one attached hydrogen (secondary N) is 2. The quantitative estimate of drug-likeness (QED) is 0.646. The van der Waals surface area contributed by atoms with Gasteiger partial charge >= 0.3 is 0 Å². The van der Waals surface area contributed by atoms with Crippen molar-refractivity contribution in [1.29, 1.82) is 0 Å². The molecule has 0 aliphatic rings. The van der Waals surface area contributed by atoms with Gasteiger partial charge in [-0.2, -0.15) is 0 Å². The summed E-state index contributed by atoms with van der Waals surface area (Å²) in [4.78, 5) is 4.44. The predicted octanol–water partition coefficient (Wildman–Crippen LogP) is 4.33. The number of rotatable bonds is 5. The van der Waals surface area contributed by atoms with E-state index < -0.39 is 11.1 Å². The van der Waals surface area contributed by atoms with Crippen molar-refractivity contribution in [2.45, 2.75) is 6.42 Å². The van der Waals surface area contributed by atoms with Crippen LogP contribution in [0.1, 0.15) is 5.56 Å². The van der Waals surface area contributed by atoms with Gasteiger partial charge in [-0.3, -0.25) is 4.99 Å². The number of hydrogen-bond donors (Lipinski definition) is 2. The average molecular weight is 381 g/mol. The molecule has 124 valence electrons. The largest absolute Gasteiger partial charge is 0.548 e. The van der Waals surface area contributed by atoms with Crippen LogP contribution in [-0.4, -0.2) is 19.8 Å². The van der Waals surface area contributed by atoms with Crippen molar-refractivity contribution in [1.82, 2.24) is 8.75 Å². The van der Waals surface area contributed by atoms with Crippen LogP contribution >= 0.6 is 34.3 Å². The third kappa shape index (κ3) is 4.58. The Balaban J connectivity index is 1.78. The number of halogens is 2. The smallest absolute Gasteiger partial charge is 0.236 e. The van der Waals surface area contributed by atoms with Gasteiger partial charge in [0, 0.05) is 26.7 Å². The van der Waals surface area contributed by atoms with Crippen LogP contribution < -0.4 is 10.8 Å². The molecule has 0 aliphatic heterocycles. The number of aromatic nitrogens is 2. The molecular weight excluding hydrogens is 367 g/mol. The summed E-state index contributed by atoms with van der Waals surface area (Å²) in [7, 11) is 0. The van der Waals surface area contributed by atoms with Gasteiger partial charge in [-0.1, -0.05) is 53.5 Å². The highest BCUT2D eigenvalue weighted by molar-refractivity contribution is 7.13. The second kappa shape index (κ2) is 7.81. The lowest BCUT2D eigenvalue weighted by Gasteiger charge is -2.03. The van der Waals surface area contributed by atoms with Gasteiger partial charge in [0.2, 0.25) is 11.3 Å². The van der Waals surface area contributed by atoms with E-state index in [0.717, 1.165) is 6.42 Å². The normalized spacial score (nSPS) is 12.5. The van der Waals surface area contributed by atoms with Gasteiger partial charge in [0.15, 0.2) is 11.1 Å². The number of benzene rings is 2. The summed E-state index contributed by atoms with van der Waals surface area (Å²) in [6.45, 7) is 0.556. The Morgan fingerprint density at radius 2 is 1.83 bits per heavy atom. The van der Waals surface area contributed by atoms with E-state index in [1.807, 2.05) is 30.3 Å². The number of anilines is 2. The van der Waals surface area contributed by atoms with Crippen LogP contribution in [0.3, 0.4) is 0 Å². The van der Waals surface area contributed by atoms with E-state index >= 15 is 0 Å². The van der Waals surface area contributed by atoms with Gasteiger partial charge in [-0.05, 0) is 30.2 Å². The molecule has 3 rings (SSSR count). The Bertz CT molecular complexity index is 872. The first kappa shape index (κ1) is 17.0. The highest BCUT2D eigenvalue weighted by atomic mass is 35.5. The third-order valence-corrected chi connectivity index (χ3v) is 4.37. The summed E-state index contributed by atoms with van der Waals surface area (Å²) in [5.74, 6) is 0.403. The lowest BCUT2D eigenvalue weighted by atomic mass is 10.2. The van der Waals surface area contributed by atoms with E-state index in [1.54, 1.807) is 18.2 Å². The van der Waals surface area contributed by atoms with Gasteiger partial charge in [0.05, 0.1) is 0 Å². The molecule has 0 radical (unpaired) electrons. The minimum absolute atomic E-state index is 0.403. The minimum Gasteiger partial charge on any atom is -0.548 e. The maximum Gasteiger partial charge on any atom is 0.236 e. The molecule has 0 bridgehead atoms. The maximum atomic E-state index is 11.7. The van der Waals surface area contributed by atoms with Crippen molar-refractivity contribution >= 4 is 45.8 Å². The number of nitrogens with zero attached hydrogens (tertiary/aromatic N) is 2. The Morgan fingerprint density at radius 1 is 1.12 bits per heavy atom. The summed E-state index contributed by atoms with van der Waals surface area (Å²) >= 11 is 10.4. The van der Waals surface area contributed by atoms with E-state index in [9.17, 15) is 4.55 Å². The van der Waals surface area contributed by atoms with Crippen LogP contribution in [0.15, 0.2) is 53.5 Å². The van der Waals surface area contributed by atoms with Crippen molar-refractivity contribution in [3.8, 4) is 0 Å². The fourth-order valence-corrected chi connectivity index (χ4v) is 3.37. The zero-order valence-corrected chi connectivity index (χ0v) is 14.8. The molecule has 5 nitrogen and oxygen atoms in total. The van der Waals surface area contributed by atoms with Crippen molar-refractivity contribution in [3.05, 3.63) is 69.6 Å². The highest BCUT2D eigenvalue weighted by Gasteiger charge is 2.09. The topological polar surface area (TPSA) is 76.1 Å². The number of H-pyrrole nitrogens is 1. The molecule has 3 aromatic rings. The van der Waals surface area contributed by atoms with Crippen molar-refractivity contribution < 1.29 is 4.55 Å². The van der Waals surface area contributed by atoms with Crippen LogP contribution in [0.2, 0.25) is 10.0 Å². The molecule has 1 atom stereocenters. The fourth-order valence-electron chi connectivity index (χ4n) is 2.17. The van der Waals surface area contributed by atoms with Crippen LogP contribution in [0, 0.1) is 0 Å². The molecule has 0 saturated carbocycles. The van der Waals surface area contributed by atoms with Gasteiger partial charge in [0.1, 0.15) is 0 Å². The molecule has 2 N–H and O–H groups in total. The Morgan fingerprint density at radius 3 is 2.54 bits per heavy atom. The van der Waals surface area contributed by atoms with E-state index in [4.69, 9.17) is 23.2 Å². The van der Waals surface area contributed by atoms with E-state index in [-0.39, 0.29) is 0 Å². The molecule has 0 saturated heterocycles. The summed E-state index contributed by atoms with van der Waals surface area (Å²) < 4.78 is 18.4. The molecule has 0 spiro atoms. The zero-order valence-electron chi connectivity index (χ0n) is 12.5. The molecule has 2 aromatic carbocycles. The summed E-state index contributed by atoms with van der Waals surface area (Å²) in [6, 6.07) is 15.1. The van der Waals surface area contributed by atoms with Crippen molar-refractivity contribution in [3.63, 3.8) is 0 Å². The van der Waals surface area contributed by atoms with Crippen LogP contribution in [0.25, 0.3) is 0 Å². The van der Waals surface area contributed by atoms with Crippen molar-refractivity contribution in [2.24, 2.45) is 4.99 Å². The predicted molar refractivity (Wildman–Crippen MR) is 97.6 cm³/mol. The van der Waals surface area contributed by atoms with Crippen LogP contribution in [-0.2, 0) is 6.42 Å².